The fraction of sp³-hybridized carbons (Fsp3) is 0.375. The molecule has 3 N–H and O–H groups in total. The van der Waals surface area contributed by atoms with Gasteiger partial charge in [-0.1, -0.05) is 24.6 Å². The van der Waals surface area contributed by atoms with Crippen LogP contribution in [0.3, 0.4) is 0 Å². The van der Waals surface area contributed by atoms with Crippen LogP contribution in [-0.4, -0.2) is 22.2 Å². The van der Waals surface area contributed by atoms with Gasteiger partial charge in [-0.3, -0.25) is 4.79 Å². The molecule has 0 spiro atoms. The topological polar surface area (TPSA) is 72.9 Å². The molecule has 1 amide bonds. The summed E-state index contributed by atoms with van der Waals surface area (Å²) in [6.07, 6.45) is 7.16. The number of para-hydroxylation sites is 1. The number of hydrogen-bond donors (Lipinski definition) is 2. The predicted molar refractivity (Wildman–Crippen MR) is 82.9 cm³/mol. The normalized spacial score (nSPS) is 10.5. The molecule has 2 aromatic rings. The smallest absolute Gasteiger partial charge is 0.220 e. The Balaban J connectivity index is 1.77. The molecule has 0 aliphatic heterocycles. The van der Waals surface area contributed by atoms with Gasteiger partial charge in [0.2, 0.25) is 5.91 Å². The van der Waals surface area contributed by atoms with E-state index < -0.39 is 0 Å². The number of rotatable bonds is 8. The Morgan fingerprint density at radius 2 is 2.00 bits per heavy atom. The highest BCUT2D eigenvalue weighted by Crippen LogP contribution is 2.07. The largest absolute Gasteiger partial charge is 0.352 e. The van der Waals surface area contributed by atoms with Crippen LogP contribution in [0, 0.1) is 0 Å². The second-order valence-corrected chi connectivity index (χ2v) is 5.00. The minimum Gasteiger partial charge on any atom is -0.352 e. The maximum atomic E-state index is 11.7. The molecule has 0 fully saturated rings. The molecule has 0 radical (unpaired) electrons. The Bertz CT molecular complexity index is 550. The van der Waals surface area contributed by atoms with Gasteiger partial charge in [-0.25, -0.2) is 4.68 Å². The van der Waals surface area contributed by atoms with Crippen LogP contribution in [0.5, 0.6) is 0 Å². The molecule has 1 aromatic carbocycles. The molecule has 0 unspecified atom stereocenters. The molecular formula is C16H22N4O. The highest BCUT2D eigenvalue weighted by Gasteiger charge is 2.04. The summed E-state index contributed by atoms with van der Waals surface area (Å²) >= 11 is 0. The van der Waals surface area contributed by atoms with Crippen molar-refractivity contribution in [1.82, 2.24) is 15.1 Å². The summed E-state index contributed by atoms with van der Waals surface area (Å²) < 4.78 is 1.81. The number of carbonyl (C=O) groups excluding carboxylic acids is 1. The number of benzene rings is 1. The first-order valence-electron chi connectivity index (χ1n) is 7.35. The maximum Gasteiger partial charge on any atom is 0.220 e. The van der Waals surface area contributed by atoms with Crippen LogP contribution < -0.4 is 11.1 Å². The van der Waals surface area contributed by atoms with Crippen molar-refractivity contribution in [2.24, 2.45) is 5.73 Å². The highest BCUT2D eigenvalue weighted by molar-refractivity contribution is 5.75. The number of hydrogen-bond acceptors (Lipinski definition) is 3. The Hall–Kier alpha value is -2.14. The van der Waals surface area contributed by atoms with Crippen LogP contribution in [0.25, 0.3) is 5.69 Å². The Kier molecular flexibility index (Phi) is 5.97. The standard InChI is InChI=1S/C16H22N4O/c17-10-6-2-5-9-16(21)18-11-14-12-19-20(13-14)15-7-3-1-4-8-15/h1,3-4,7-8,12-13H,2,5-6,9-11,17H2,(H,18,21). The van der Waals surface area contributed by atoms with Crippen LogP contribution >= 0.6 is 0 Å². The monoisotopic (exact) mass is 286 g/mol. The number of nitrogens with two attached hydrogens (primary N) is 1. The predicted octanol–water partition coefficient (Wildman–Crippen LogP) is 2.01. The lowest BCUT2D eigenvalue weighted by atomic mass is 10.2. The third kappa shape index (κ3) is 5.04. The summed E-state index contributed by atoms with van der Waals surface area (Å²) in [5, 5.41) is 7.22. The maximum absolute atomic E-state index is 11.7. The third-order valence-electron chi connectivity index (χ3n) is 3.25. The molecule has 2 rings (SSSR count). The molecule has 1 aromatic heterocycles. The van der Waals surface area contributed by atoms with Gasteiger partial charge < -0.3 is 11.1 Å². The summed E-state index contributed by atoms with van der Waals surface area (Å²) in [6.45, 7) is 1.21. The molecule has 0 saturated carbocycles. The van der Waals surface area contributed by atoms with Gasteiger partial charge in [0, 0.05) is 24.7 Å². The quantitative estimate of drug-likeness (QED) is 0.729. The van der Waals surface area contributed by atoms with Gasteiger partial charge in [-0.05, 0) is 31.5 Å². The van der Waals surface area contributed by atoms with Gasteiger partial charge in [-0.15, -0.1) is 0 Å². The van der Waals surface area contributed by atoms with E-state index in [0.29, 0.717) is 19.5 Å². The van der Waals surface area contributed by atoms with Crippen LogP contribution in [0.2, 0.25) is 0 Å². The number of carbonyl (C=O) groups is 1. The Morgan fingerprint density at radius 1 is 1.19 bits per heavy atom. The summed E-state index contributed by atoms with van der Waals surface area (Å²) in [7, 11) is 0. The molecule has 5 heteroatoms. The molecule has 0 bridgehead atoms. The van der Waals surface area contributed by atoms with Crippen molar-refractivity contribution in [2.75, 3.05) is 6.54 Å². The summed E-state index contributed by atoms with van der Waals surface area (Å²) in [6, 6.07) is 9.90. The van der Waals surface area contributed by atoms with E-state index in [1.807, 2.05) is 41.2 Å². The average molecular weight is 286 g/mol. The Morgan fingerprint density at radius 3 is 2.76 bits per heavy atom. The highest BCUT2D eigenvalue weighted by atomic mass is 16.1. The number of nitrogens with one attached hydrogen (secondary N) is 1. The number of unbranched alkanes of at least 4 members (excludes halogenated alkanes) is 2. The SMILES string of the molecule is NCCCCCC(=O)NCc1cnn(-c2ccccc2)c1. The number of amides is 1. The van der Waals surface area contributed by atoms with Gasteiger partial charge in [0.1, 0.15) is 0 Å². The van der Waals surface area contributed by atoms with Gasteiger partial charge in [-0.2, -0.15) is 5.10 Å². The minimum absolute atomic E-state index is 0.0829. The van der Waals surface area contributed by atoms with Crippen molar-refractivity contribution < 1.29 is 4.79 Å². The first-order chi connectivity index (χ1) is 10.3. The second-order valence-electron chi connectivity index (χ2n) is 5.00. The van der Waals surface area contributed by atoms with Gasteiger partial charge in [0.25, 0.3) is 0 Å². The fourth-order valence-corrected chi connectivity index (χ4v) is 2.07. The fourth-order valence-electron chi connectivity index (χ4n) is 2.07. The van der Waals surface area contributed by atoms with Gasteiger partial charge in [0.05, 0.1) is 11.9 Å². The van der Waals surface area contributed by atoms with Crippen molar-refractivity contribution in [2.45, 2.75) is 32.2 Å². The zero-order valence-electron chi connectivity index (χ0n) is 12.2. The van der Waals surface area contributed by atoms with E-state index in [9.17, 15) is 4.79 Å². The Labute approximate surface area is 125 Å². The number of nitrogens with zero attached hydrogens (tertiary/aromatic N) is 2. The number of aromatic nitrogens is 2. The van der Waals surface area contributed by atoms with Gasteiger partial charge >= 0.3 is 0 Å². The summed E-state index contributed by atoms with van der Waals surface area (Å²) in [5.74, 6) is 0.0829. The average Bonchev–Trinajstić information content (AvgIpc) is 2.99. The van der Waals surface area contributed by atoms with Crippen molar-refractivity contribution in [3.05, 3.63) is 48.3 Å². The van der Waals surface area contributed by atoms with E-state index in [0.717, 1.165) is 30.5 Å². The molecule has 0 aliphatic rings. The zero-order valence-corrected chi connectivity index (χ0v) is 12.2. The lowest BCUT2D eigenvalue weighted by Crippen LogP contribution is -2.22. The van der Waals surface area contributed by atoms with E-state index >= 15 is 0 Å². The molecule has 5 nitrogen and oxygen atoms in total. The van der Waals surface area contributed by atoms with Crippen LogP contribution in [0.4, 0.5) is 0 Å². The van der Waals surface area contributed by atoms with Crippen molar-refractivity contribution in [3.63, 3.8) is 0 Å². The van der Waals surface area contributed by atoms with E-state index in [2.05, 4.69) is 10.4 Å². The first-order valence-corrected chi connectivity index (χ1v) is 7.35. The van der Waals surface area contributed by atoms with Crippen molar-refractivity contribution >= 4 is 5.91 Å². The van der Waals surface area contributed by atoms with E-state index in [1.54, 1.807) is 6.20 Å². The van der Waals surface area contributed by atoms with Crippen molar-refractivity contribution in [1.29, 1.82) is 0 Å². The van der Waals surface area contributed by atoms with E-state index in [-0.39, 0.29) is 5.91 Å². The van der Waals surface area contributed by atoms with Crippen LogP contribution in [0.15, 0.2) is 42.7 Å². The molecule has 1 heterocycles. The lowest BCUT2D eigenvalue weighted by molar-refractivity contribution is -0.121. The second kappa shape index (κ2) is 8.21. The van der Waals surface area contributed by atoms with E-state index in [1.165, 1.54) is 0 Å². The van der Waals surface area contributed by atoms with Crippen LogP contribution in [0.1, 0.15) is 31.2 Å². The minimum atomic E-state index is 0.0829. The van der Waals surface area contributed by atoms with E-state index in [4.69, 9.17) is 5.73 Å². The first kappa shape index (κ1) is 15.3. The van der Waals surface area contributed by atoms with Crippen molar-refractivity contribution in [3.8, 4) is 5.69 Å². The summed E-state index contributed by atoms with van der Waals surface area (Å²) in [4.78, 5) is 11.7. The van der Waals surface area contributed by atoms with Gasteiger partial charge in [0.15, 0.2) is 0 Å². The van der Waals surface area contributed by atoms with Crippen LogP contribution in [-0.2, 0) is 11.3 Å². The third-order valence-corrected chi connectivity index (χ3v) is 3.25. The summed E-state index contributed by atoms with van der Waals surface area (Å²) in [5.41, 5.74) is 7.43. The molecular weight excluding hydrogens is 264 g/mol. The molecule has 0 saturated heterocycles. The lowest BCUT2D eigenvalue weighted by Gasteiger charge is -2.03. The molecule has 112 valence electrons. The zero-order chi connectivity index (χ0) is 14.9. The molecule has 21 heavy (non-hydrogen) atoms. The molecule has 0 atom stereocenters. The molecule has 0 aliphatic carbocycles.